The Labute approximate surface area is 106 Å². The topological polar surface area (TPSA) is 44.2 Å². The molecule has 2 rings (SSSR count). The van der Waals surface area contributed by atoms with Gasteiger partial charge in [-0.25, -0.2) is 0 Å². The summed E-state index contributed by atoms with van der Waals surface area (Å²) >= 11 is 6.05. The van der Waals surface area contributed by atoms with Crippen molar-refractivity contribution in [2.24, 2.45) is 0 Å². The Kier molecular flexibility index (Phi) is 3.92. The number of ketones is 1. The lowest BCUT2D eigenvalue weighted by Crippen LogP contribution is -2.18. The van der Waals surface area contributed by atoms with Gasteiger partial charge in [-0.3, -0.25) is 9.69 Å². The molecule has 17 heavy (non-hydrogen) atoms. The first-order chi connectivity index (χ1) is 8.20. The Balaban J connectivity index is 2.12. The Morgan fingerprint density at radius 2 is 2.12 bits per heavy atom. The van der Waals surface area contributed by atoms with Crippen LogP contribution in [-0.2, 0) is 6.54 Å². The maximum Gasteiger partial charge on any atom is 0.204 e. The molecule has 0 bridgehead atoms. The summed E-state index contributed by atoms with van der Waals surface area (Å²) in [6.07, 6.45) is 3.32. The number of benzene rings is 1. The van der Waals surface area contributed by atoms with E-state index in [0.29, 0.717) is 10.6 Å². The van der Waals surface area contributed by atoms with Gasteiger partial charge in [-0.05, 0) is 43.6 Å². The molecule has 1 aromatic rings. The van der Waals surface area contributed by atoms with Crippen LogP contribution >= 0.6 is 11.6 Å². The van der Waals surface area contributed by atoms with Crippen molar-refractivity contribution in [2.45, 2.75) is 19.4 Å². The van der Waals surface area contributed by atoms with Gasteiger partial charge in [0.1, 0.15) is 0 Å². The first-order valence-electron chi connectivity index (χ1n) is 5.76. The molecule has 0 aromatic heterocycles. The molecule has 0 saturated carbocycles. The molecular weight excluding hydrogens is 236 g/mol. The molecule has 0 amide bonds. The van der Waals surface area contributed by atoms with Crippen LogP contribution in [-0.4, -0.2) is 30.0 Å². The summed E-state index contributed by atoms with van der Waals surface area (Å²) in [4.78, 5) is 13.7. The van der Waals surface area contributed by atoms with E-state index in [1.165, 1.54) is 12.8 Å². The molecule has 4 heteroatoms. The van der Waals surface area contributed by atoms with Crippen LogP contribution in [0.25, 0.3) is 0 Å². The summed E-state index contributed by atoms with van der Waals surface area (Å²) in [5.41, 5.74) is 1.53. The zero-order valence-corrected chi connectivity index (χ0v) is 10.3. The monoisotopic (exact) mass is 250 g/mol. The number of nitrogens with one attached hydrogen (secondary N) is 1. The van der Waals surface area contributed by atoms with E-state index in [4.69, 9.17) is 17.0 Å². The number of nitrogens with zero attached hydrogens (tertiary/aromatic N) is 1. The molecule has 1 heterocycles. The first-order valence-corrected chi connectivity index (χ1v) is 6.14. The molecule has 90 valence electrons. The van der Waals surface area contributed by atoms with Gasteiger partial charge in [-0.15, -0.1) is 0 Å². The van der Waals surface area contributed by atoms with Crippen LogP contribution < -0.4 is 0 Å². The fourth-order valence-electron chi connectivity index (χ4n) is 2.13. The Morgan fingerprint density at radius 3 is 2.71 bits per heavy atom. The number of carbonyl (C=O) groups excluding carboxylic acids is 1. The molecule has 1 saturated heterocycles. The summed E-state index contributed by atoms with van der Waals surface area (Å²) in [5.74, 6) is -0.345. The maximum atomic E-state index is 11.4. The van der Waals surface area contributed by atoms with Crippen LogP contribution in [0.1, 0.15) is 28.8 Å². The molecular formula is C13H15ClN2O. The second-order valence-electron chi connectivity index (χ2n) is 4.31. The van der Waals surface area contributed by atoms with Crippen molar-refractivity contribution in [3.8, 4) is 0 Å². The van der Waals surface area contributed by atoms with Gasteiger partial charge in [0.05, 0.1) is 11.2 Å². The number of Topliss-reactive ketones (excluding diaryl/α,β-unsaturated/α-hetero) is 1. The molecule has 0 spiro atoms. The second kappa shape index (κ2) is 5.43. The van der Waals surface area contributed by atoms with Crippen molar-refractivity contribution in [3.63, 3.8) is 0 Å². The zero-order chi connectivity index (χ0) is 12.3. The third kappa shape index (κ3) is 2.93. The van der Waals surface area contributed by atoms with Crippen molar-refractivity contribution in [2.75, 3.05) is 13.1 Å². The quantitative estimate of drug-likeness (QED) is 0.660. The Bertz CT molecular complexity index is 439. The highest BCUT2D eigenvalue weighted by Crippen LogP contribution is 2.20. The minimum atomic E-state index is -0.345. The lowest BCUT2D eigenvalue weighted by molar-refractivity contribution is 0.107. The summed E-state index contributed by atoms with van der Waals surface area (Å²) in [5, 5.41) is 7.38. The van der Waals surface area contributed by atoms with E-state index < -0.39 is 0 Å². The predicted molar refractivity (Wildman–Crippen MR) is 69.1 cm³/mol. The molecule has 0 unspecified atom stereocenters. The van der Waals surface area contributed by atoms with E-state index in [1.807, 2.05) is 12.1 Å². The van der Waals surface area contributed by atoms with Crippen LogP contribution in [0, 0.1) is 5.41 Å². The van der Waals surface area contributed by atoms with Gasteiger partial charge >= 0.3 is 0 Å². The first kappa shape index (κ1) is 12.3. The van der Waals surface area contributed by atoms with Gasteiger partial charge in [0.15, 0.2) is 0 Å². The third-order valence-corrected chi connectivity index (χ3v) is 3.35. The largest absolute Gasteiger partial charge is 0.305 e. The smallest absolute Gasteiger partial charge is 0.204 e. The van der Waals surface area contributed by atoms with E-state index in [0.717, 1.165) is 31.4 Å². The minimum Gasteiger partial charge on any atom is -0.305 e. The Morgan fingerprint density at radius 1 is 1.41 bits per heavy atom. The minimum absolute atomic E-state index is 0.345. The summed E-state index contributed by atoms with van der Waals surface area (Å²) in [6, 6.07) is 5.46. The average molecular weight is 251 g/mol. The van der Waals surface area contributed by atoms with Crippen LogP contribution in [0.15, 0.2) is 18.2 Å². The summed E-state index contributed by atoms with van der Waals surface area (Å²) < 4.78 is 0. The summed E-state index contributed by atoms with van der Waals surface area (Å²) in [6.45, 7) is 3.16. The van der Waals surface area contributed by atoms with E-state index in [1.54, 1.807) is 6.07 Å². The van der Waals surface area contributed by atoms with Crippen LogP contribution in [0.5, 0.6) is 0 Å². The van der Waals surface area contributed by atoms with Crippen molar-refractivity contribution in [1.29, 1.82) is 5.41 Å². The van der Waals surface area contributed by atoms with Crippen molar-refractivity contribution >= 4 is 23.6 Å². The molecule has 1 aromatic carbocycles. The van der Waals surface area contributed by atoms with Gasteiger partial charge < -0.3 is 5.41 Å². The number of hydrogen-bond donors (Lipinski definition) is 1. The van der Waals surface area contributed by atoms with Gasteiger partial charge in [0.25, 0.3) is 0 Å². The van der Waals surface area contributed by atoms with Gasteiger partial charge in [0, 0.05) is 12.1 Å². The molecule has 0 radical (unpaired) electrons. The molecule has 3 nitrogen and oxygen atoms in total. The number of likely N-dealkylation sites (tertiary alicyclic amines) is 1. The van der Waals surface area contributed by atoms with Crippen molar-refractivity contribution < 1.29 is 4.79 Å². The SMILES string of the molecule is N=CC(=O)c1ccc(CN2CCCC2)cc1Cl. The number of rotatable bonds is 4. The average Bonchev–Trinajstić information content (AvgIpc) is 2.81. The highest BCUT2D eigenvalue weighted by molar-refractivity contribution is 6.41. The number of halogens is 1. The van der Waals surface area contributed by atoms with Gasteiger partial charge in [-0.1, -0.05) is 17.7 Å². The lowest BCUT2D eigenvalue weighted by atomic mass is 10.1. The van der Waals surface area contributed by atoms with Crippen LogP contribution in [0.2, 0.25) is 5.02 Å². The van der Waals surface area contributed by atoms with Crippen molar-refractivity contribution in [3.05, 3.63) is 34.3 Å². The fourth-order valence-corrected chi connectivity index (χ4v) is 2.43. The summed E-state index contributed by atoms with van der Waals surface area (Å²) in [7, 11) is 0. The molecule has 1 aliphatic heterocycles. The zero-order valence-electron chi connectivity index (χ0n) is 9.58. The molecule has 1 N–H and O–H groups in total. The normalized spacial score (nSPS) is 16.1. The number of hydrogen-bond acceptors (Lipinski definition) is 3. The Hall–Kier alpha value is -1.19. The van der Waals surface area contributed by atoms with Crippen molar-refractivity contribution in [1.82, 2.24) is 4.90 Å². The maximum absolute atomic E-state index is 11.4. The number of carbonyl (C=O) groups is 1. The van der Waals surface area contributed by atoms with E-state index in [2.05, 4.69) is 4.90 Å². The highest BCUT2D eigenvalue weighted by Gasteiger charge is 2.13. The molecule has 0 aliphatic carbocycles. The highest BCUT2D eigenvalue weighted by atomic mass is 35.5. The second-order valence-corrected chi connectivity index (χ2v) is 4.71. The van der Waals surface area contributed by atoms with E-state index in [9.17, 15) is 4.79 Å². The standard InChI is InChI=1S/C13H15ClN2O/c14-12-7-10(9-16-5-1-2-6-16)3-4-11(12)13(17)8-15/h3-4,7-8,15H,1-2,5-6,9H2. The predicted octanol–water partition coefficient (Wildman–Crippen LogP) is 2.77. The van der Waals surface area contributed by atoms with Gasteiger partial charge in [0.2, 0.25) is 5.78 Å². The van der Waals surface area contributed by atoms with Gasteiger partial charge in [-0.2, -0.15) is 0 Å². The van der Waals surface area contributed by atoms with E-state index in [-0.39, 0.29) is 5.78 Å². The fraction of sp³-hybridized carbons (Fsp3) is 0.385. The van der Waals surface area contributed by atoms with Crippen LogP contribution in [0.3, 0.4) is 0 Å². The third-order valence-electron chi connectivity index (χ3n) is 3.03. The lowest BCUT2D eigenvalue weighted by Gasteiger charge is -2.15. The van der Waals surface area contributed by atoms with Crippen LogP contribution in [0.4, 0.5) is 0 Å². The van der Waals surface area contributed by atoms with E-state index >= 15 is 0 Å². The molecule has 1 fully saturated rings. The molecule has 1 aliphatic rings. The molecule has 0 atom stereocenters.